The molecule has 1 fully saturated rings. The molecule has 0 amide bonds. The molecule has 1 aromatic rings. The Bertz CT molecular complexity index is 447. The molecule has 0 spiro atoms. The van der Waals surface area contributed by atoms with E-state index in [2.05, 4.69) is 32.9 Å². The quantitative estimate of drug-likeness (QED) is 0.381. The van der Waals surface area contributed by atoms with Gasteiger partial charge in [-0.15, -0.1) is 0 Å². The van der Waals surface area contributed by atoms with Gasteiger partial charge in [-0.3, -0.25) is 0 Å². The minimum atomic E-state index is 0.154. The van der Waals surface area contributed by atoms with Gasteiger partial charge in [-0.25, -0.2) is 0 Å². The molecule has 3 N–H and O–H groups in total. The first-order valence-corrected chi connectivity index (χ1v) is 6.43. The average Bonchev–Trinajstić information content (AvgIpc) is 2.74. The van der Waals surface area contributed by atoms with Crippen molar-refractivity contribution in [1.82, 2.24) is 0 Å². The molecule has 1 heterocycles. The van der Waals surface area contributed by atoms with Crippen LogP contribution in [-0.2, 0) is 0 Å². The zero-order chi connectivity index (χ0) is 12.4. The Morgan fingerprint density at radius 2 is 2.35 bits per heavy atom. The van der Waals surface area contributed by atoms with Gasteiger partial charge in [0.05, 0.1) is 0 Å². The van der Waals surface area contributed by atoms with Crippen LogP contribution in [0.4, 0.5) is 5.69 Å². The highest BCUT2D eigenvalue weighted by molar-refractivity contribution is 9.10. The topological polar surface area (TPSA) is 61.8 Å². The number of nitrogens with zero attached hydrogens (tertiary/aromatic N) is 2. The first-order chi connectivity index (χ1) is 8.11. The summed E-state index contributed by atoms with van der Waals surface area (Å²) in [6, 6.07) is 5.87. The maximum atomic E-state index is 8.83. The number of oxime groups is 1. The Morgan fingerprint density at radius 3 is 2.94 bits per heavy atom. The van der Waals surface area contributed by atoms with Crippen LogP contribution < -0.4 is 10.6 Å². The molecule has 1 saturated heterocycles. The van der Waals surface area contributed by atoms with Gasteiger partial charge in [0.1, 0.15) is 0 Å². The number of hydrogen-bond acceptors (Lipinski definition) is 3. The van der Waals surface area contributed by atoms with Crippen LogP contribution in [-0.4, -0.2) is 24.1 Å². The van der Waals surface area contributed by atoms with Crippen LogP contribution in [0.2, 0.25) is 0 Å². The summed E-state index contributed by atoms with van der Waals surface area (Å²) < 4.78 is 0.926. The second kappa shape index (κ2) is 4.96. The van der Waals surface area contributed by atoms with Crippen molar-refractivity contribution in [3.05, 3.63) is 28.2 Å². The van der Waals surface area contributed by atoms with Gasteiger partial charge >= 0.3 is 0 Å². The Labute approximate surface area is 109 Å². The van der Waals surface area contributed by atoms with E-state index >= 15 is 0 Å². The molecule has 92 valence electrons. The summed E-state index contributed by atoms with van der Waals surface area (Å²) in [5.41, 5.74) is 7.53. The molecular weight excluding hydrogens is 282 g/mol. The van der Waals surface area contributed by atoms with Crippen LogP contribution in [0.15, 0.2) is 27.8 Å². The van der Waals surface area contributed by atoms with Gasteiger partial charge in [0.25, 0.3) is 0 Å². The van der Waals surface area contributed by atoms with Crippen LogP contribution in [0.1, 0.15) is 18.9 Å². The van der Waals surface area contributed by atoms with Crippen LogP contribution in [0, 0.1) is 5.92 Å². The number of hydrogen-bond donors (Lipinski definition) is 2. The van der Waals surface area contributed by atoms with Crippen LogP contribution in [0.3, 0.4) is 0 Å². The van der Waals surface area contributed by atoms with Crippen molar-refractivity contribution in [3.8, 4) is 0 Å². The van der Waals surface area contributed by atoms with Crippen molar-refractivity contribution in [2.45, 2.75) is 13.3 Å². The number of nitrogens with two attached hydrogens (primary N) is 1. The number of halogens is 1. The third kappa shape index (κ3) is 2.54. The van der Waals surface area contributed by atoms with Gasteiger partial charge in [-0.1, -0.05) is 28.0 Å². The predicted molar refractivity (Wildman–Crippen MR) is 72.6 cm³/mol. The molecule has 0 radical (unpaired) electrons. The third-order valence-corrected chi connectivity index (χ3v) is 3.60. The lowest BCUT2D eigenvalue weighted by Gasteiger charge is -2.21. The van der Waals surface area contributed by atoms with E-state index in [1.54, 1.807) is 0 Å². The average molecular weight is 298 g/mol. The van der Waals surface area contributed by atoms with Gasteiger partial charge in [-0.2, -0.15) is 0 Å². The monoisotopic (exact) mass is 297 g/mol. The minimum absolute atomic E-state index is 0.154. The lowest BCUT2D eigenvalue weighted by atomic mass is 10.1. The van der Waals surface area contributed by atoms with Gasteiger partial charge < -0.3 is 15.8 Å². The van der Waals surface area contributed by atoms with E-state index in [-0.39, 0.29) is 5.84 Å². The normalized spacial score (nSPS) is 20.9. The van der Waals surface area contributed by atoms with Crippen LogP contribution in [0.25, 0.3) is 0 Å². The molecule has 0 aromatic heterocycles. The maximum Gasteiger partial charge on any atom is 0.172 e. The fraction of sp³-hybridized carbons (Fsp3) is 0.417. The van der Waals surface area contributed by atoms with Crippen LogP contribution >= 0.6 is 15.9 Å². The molecule has 1 aliphatic heterocycles. The molecular formula is C12H16BrN3O. The highest BCUT2D eigenvalue weighted by Crippen LogP contribution is 2.29. The highest BCUT2D eigenvalue weighted by atomic mass is 79.9. The summed E-state index contributed by atoms with van der Waals surface area (Å²) >= 11 is 3.40. The van der Waals surface area contributed by atoms with Gasteiger partial charge in [0.2, 0.25) is 0 Å². The van der Waals surface area contributed by atoms with E-state index in [1.165, 1.54) is 6.42 Å². The number of rotatable bonds is 2. The van der Waals surface area contributed by atoms with Crippen molar-refractivity contribution < 1.29 is 5.21 Å². The summed E-state index contributed by atoms with van der Waals surface area (Å²) in [6.45, 7) is 4.28. The lowest BCUT2D eigenvalue weighted by Crippen LogP contribution is -2.24. The fourth-order valence-electron chi connectivity index (χ4n) is 2.20. The van der Waals surface area contributed by atoms with Gasteiger partial charge in [0.15, 0.2) is 5.84 Å². The Balaban J connectivity index is 2.39. The maximum absolute atomic E-state index is 8.83. The third-order valence-electron chi connectivity index (χ3n) is 3.11. The van der Waals surface area contributed by atoms with E-state index < -0.39 is 0 Å². The molecule has 1 aliphatic rings. The van der Waals surface area contributed by atoms with E-state index in [0.717, 1.165) is 28.8 Å². The minimum Gasteiger partial charge on any atom is -0.409 e. The van der Waals surface area contributed by atoms with Gasteiger partial charge in [0, 0.05) is 28.8 Å². The molecule has 5 heteroatoms. The van der Waals surface area contributed by atoms with Crippen LogP contribution in [0.5, 0.6) is 0 Å². The Kier molecular flexibility index (Phi) is 3.57. The Morgan fingerprint density at radius 1 is 1.59 bits per heavy atom. The van der Waals surface area contributed by atoms with E-state index in [9.17, 15) is 0 Å². The number of anilines is 1. The molecule has 0 bridgehead atoms. The van der Waals surface area contributed by atoms with Crippen molar-refractivity contribution in [1.29, 1.82) is 0 Å². The molecule has 1 atom stereocenters. The molecule has 1 aromatic carbocycles. The fourth-order valence-corrected chi connectivity index (χ4v) is 2.56. The highest BCUT2D eigenvalue weighted by Gasteiger charge is 2.22. The largest absolute Gasteiger partial charge is 0.409 e. The van der Waals surface area contributed by atoms with Crippen molar-refractivity contribution in [3.63, 3.8) is 0 Å². The van der Waals surface area contributed by atoms with E-state index in [4.69, 9.17) is 10.9 Å². The second-order valence-electron chi connectivity index (χ2n) is 4.49. The van der Waals surface area contributed by atoms with Crippen molar-refractivity contribution in [2.75, 3.05) is 18.0 Å². The lowest BCUT2D eigenvalue weighted by molar-refractivity contribution is 0.318. The van der Waals surface area contributed by atoms with E-state index in [1.807, 2.05) is 18.2 Å². The first-order valence-electron chi connectivity index (χ1n) is 5.64. The summed E-state index contributed by atoms with van der Waals surface area (Å²) in [5.74, 6) is 0.847. The molecule has 1 unspecified atom stereocenters. The molecule has 4 nitrogen and oxygen atoms in total. The summed E-state index contributed by atoms with van der Waals surface area (Å²) in [7, 11) is 0. The molecule has 0 aliphatic carbocycles. The van der Waals surface area contributed by atoms with Crippen molar-refractivity contribution in [2.24, 2.45) is 16.8 Å². The standard InChI is InChI=1S/C12H16BrN3O/c1-8-4-5-16(7-8)11-3-2-9(13)6-10(11)12(14)15-17/h2-3,6,8,17H,4-5,7H2,1H3,(H2,14,15). The molecule has 0 saturated carbocycles. The Hall–Kier alpha value is -1.23. The zero-order valence-electron chi connectivity index (χ0n) is 9.73. The number of benzene rings is 1. The van der Waals surface area contributed by atoms with E-state index in [0.29, 0.717) is 5.92 Å². The number of amidine groups is 1. The zero-order valence-corrected chi connectivity index (χ0v) is 11.3. The first kappa shape index (κ1) is 12.2. The summed E-state index contributed by atoms with van der Waals surface area (Å²) in [6.07, 6.45) is 1.19. The molecule has 2 rings (SSSR count). The SMILES string of the molecule is CC1CCN(c2ccc(Br)cc2/C(N)=N/O)C1. The smallest absolute Gasteiger partial charge is 0.172 e. The van der Waals surface area contributed by atoms with Gasteiger partial charge in [-0.05, 0) is 30.5 Å². The predicted octanol–water partition coefficient (Wildman–Crippen LogP) is 2.39. The molecule has 17 heavy (non-hydrogen) atoms. The van der Waals surface area contributed by atoms with Crippen molar-refractivity contribution >= 4 is 27.5 Å². The second-order valence-corrected chi connectivity index (χ2v) is 5.40. The summed E-state index contributed by atoms with van der Waals surface area (Å²) in [4.78, 5) is 2.28. The summed E-state index contributed by atoms with van der Waals surface area (Å²) in [5, 5.41) is 11.9.